The van der Waals surface area contributed by atoms with Gasteiger partial charge in [-0.1, -0.05) is 13.8 Å². The van der Waals surface area contributed by atoms with E-state index in [-0.39, 0.29) is 12.5 Å². The molecule has 1 N–H and O–H groups in total. The van der Waals surface area contributed by atoms with Gasteiger partial charge in [-0.15, -0.1) is 0 Å². The van der Waals surface area contributed by atoms with Crippen molar-refractivity contribution in [3.8, 4) is 0 Å². The Morgan fingerprint density at radius 1 is 1.60 bits per heavy atom. The van der Waals surface area contributed by atoms with Crippen molar-refractivity contribution in [2.75, 3.05) is 33.4 Å². The molecule has 1 fully saturated rings. The molecule has 5 nitrogen and oxygen atoms in total. The lowest BCUT2D eigenvalue weighted by Gasteiger charge is -2.30. The minimum absolute atomic E-state index is 0.00389. The maximum Gasteiger partial charge on any atom is 0.225 e. The number of aliphatic hydroxyl groups is 1. The number of carbonyl (C=O) groups excluding carboxylic acids is 1. The summed E-state index contributed by atoms with van der Waals surface area (Å²) in [5.74, 6) is 0.00389. The van der Waals surface area contributed by atoms with Gasteiger partial charge in [0.15, 0.2) is 6.29 Å². The molecule has 0 radical (unpaired) electrons. The van der Waals surface area contributed by atoms with Crippen LogP contribution in [0.3, 0.4) is 0 Å². The zero-order valence-corrected chi connectivity index (χ0v) is 9.73. The number of methoxy groups -OCH3 is 1. The Morgan fingerprint density at radius 3 is 2.80 bits per heavy atom. The maximum absolute atomic E-state index is 11.4. The van der Waals surface area contributed by atoms with Crippen LogP contribution in [0.4, 0.5) is 0 Å². The Bertz CT molecular complexity index is 175. The fourth-order valence-corrected chi connectivity index (χ4v) is 1.21. The van der Waals surface area contributed by atoms with E-state index in [1.54, 1.807) is 12.0 Å². The van der Waals surface area contributed by atoms with Crippen molar-refractivity contribution in [1.82, 2.24) is 4.90 Å². The van der Waals surface area contributed by atoms with E-state index in [9.17, 15) is 4.79 Å². The van der Waals surface area contributed by atoms with E-state index in [0.29, 0.717) is 26.2 Å². The Balaban J connectivity index is 0.000000921. The molecule has 1 aliphatic heterocycles. The van der Waals surface area contributed by atoms with Gasteiger partial charge >= 0.3 is 0 Å². The van der Waals surface area contributed by atoms with E-state index in [1.165, 1.54) is 0 Å². The van der Waals surface area contributed by atoms with Crippen LogP contribution in [-0.2, 0) is 14.3 Å². The molecule has 1 unspecified atom stereocenters. The summed E-state index contributed by atoms with van der Waals surface area (Å²) in [6.45, 7) is 5.65. The van der Waals surface area contributed by atoms with Crippen LogP contribution in [0.2, 0.25) is 0 Å². The van der Waals surface area contributed by atoms with Gasteiger partial charge in [0.2, 0.25) is 5.91 Å². The van der Waals surface area contributed by atoms with Crippen LogP contribution in [0.25, 0.3) is 0 Å². The molecule has 1 amide bonds. The van der Waals surface area contributed by atoms with Gasteiger partial charge in [0, 0.05) is 13.7 Å². The molecule has 0 aromatic carbocycles. The minimum Gasteiger partial charge on any atom is -0.384 e. The number of morpholine rings is 1. The van der Waals surface area contributed by atoms with Crippen molar-refractivity contribution in [3.63, 3.8) is 0 Å². The van der Waals surface area contributed by atoms with Crippen molar-refractivity contribution in [1.29, 1.82) is 0 Å². The lowest BCUT2D eigenvalue weighted by atomic mass is 10.3. The quantitative estimate of drug-likeness (QED) is 0.738. The molecule has 0 bridgehead atoms. The number of hydrogen-bond donors (Lipinski definition) is 1. The molecule has 1 heterocycles. The molecule has 90 valence electrons. The highest BCUT2D eigenvalue weighted by atomic mass is 16.6. The van der Waals surface area contributed by atoms with Crippen molar-refractivity contribution in [2.24, 2.45) is 0 Å². The van der Waals surface area contributed by atoms with Gasteiger partial charge < -0.3 is 19.5 Å². The van der Waals surface area contributed by atoms with Crippen molar-refractivity contribution >= 4 is 5.91 Å². The van der Waals surface area contributed by atoms with Crippen LogP contribution in [0.15, 0.2) is 0 Å². The number of ether oxygens (including phenoxy) is 2. The third-order valence-corrected chi connectivity index (χ3v) is 1.92. The molecule has 0 aromatic rings. The summed E-state index contributed by atoms with van der Waals surface area (Å²) < 4.78 is 9.68. The normalized spacial score (nSPS) is 20.5. The fourth-order valence-electron chi connectivity index (χ4n) is 1.21. The van der Waals surface area contributed by atoms with Crippen LogP contribution in [-0.4, -0.2) is 55.6 Å². The highest BCUT2D eigenvalue weighted by Crippen LogP contribution is 2.04. The first kappa shape index (κ1) is 14.3. The smallest absolute Gasteiger partial charge is 0.225 e. The second kappa shape index (κ2) is 8.64. The summed E-state index contributed by atoms with van der Waals surface area (Å²) in [6, 6.07) is 0. The number of rotatable bonds is 3. The number of β-amino-alcohol motifs (C(OH)–C–C–N with tert-alkyl or cyclic N) is 1. The minimum atomic E-state index is -0.833. The number of amides is 1. The second-order valence-electron chi connectivity index (χ2n) is 2.91. The third kappa shape index (κ3) is 5.71. The summed E-state index contributed by atoms with van der Waals surface area (Å²) >= 11 is 0. The fraction of sp³-hybridized carbons (Fsp3) is 0.900. The maximum atomic E-state index is 11.4. The van der Waals surface area contributed by atoms with Gasteiger partial charge in [-0.2, -0.15) is 0 Å². The first-order chi connectivity index (χ1) is 7.24. The van der Waals surface area contributed by atoms with Crippen LogP contribution < -0.4 is 0 Å². The molecule has 0 aliphatic carbocycles. The molecule has 0 saturated carbocycles. The highest BCUT2D eigenvalue weighted by molar-refractivity contribution is 5.76. The standard InChI is InChI=1S/C8H15NO4.C2H6/c1-12-4-2-7(10)9-3-5-13-8(11)6-9;1-2/h8,11H,2-6H2,1H3;1-2H3. The van der Waals surface area contributed by atoms with E-state index in [0.717, 1.165) is 0 Å². The molecule has 0 spiro atoms. The molecular formula is C10H21NO4. The van der Waals surface area contributed by atoms with Crippen LogP contribution >= 0.6 is 0 Å². The molecule has 1 rings (SSSR count). The van der Waals surface area contributed by atoms with Gasteiger partial charge in [-0.05, 0) is 0 Å². The SMILES string of the molecule is CC.COCCC(=O)N1CCOC(O)C1. The van der Waals surface area contributed by atoms with Crippen molar-refractivity contribution in [3.05, 3.63) is 0 Å². The lowest BCUT2D eigenvalue weighted by molar-refractivity contribution is -0.164. The van der Waals surface area contributed by atoms with Gasteiger partial charge in [-0.3, -0.25) is 4.79 Å². The predicted molar refractivity (Wildman–Crippen MR) is 56.4 cm³/mol. The zero-order valence-electron chi connectivity index (χ0n) is 9.73. The Kier molecular flexibility index (Phi) is 8.27. The molecular weight excluding hydrogens is 198 g/mol. The first-order valence-corrected chi connectivity index (χ1v) is 5.30. The number of carbonyl (C=O) groups is 1. The Labute approximate surface area is 91.0 Å². The highest BCUT2D eigenvalue weighted by Gasteiger charge is 2.21. The topological polar surface area (TPSA) is 59.0 Å². The molecule has 15 heavy (non-hydrogen) atoms. The molecule has 1 atom stereocenters. The monoisotopic (exact) mass is 219 g/mol. The summed E-state index contributed by atoms with van der Waals surface area (Å²) in [5.41, 5.74) is 0. The number of aliphatic hydroxyl groups excluding tert-OH is 1. The van der Waals surface area contributed by atoms with Crippen LogP contribution in [0.5, 0.6) is 0 Å². The Morgan fingerprint density at radius 2 is 2.27 bits per heavy atom. The largest absolute Gasteiger partial charge is 0.384 e. The van der Waals surface area contributed by atoms with Crippen LogP contribution in [0, 0.1) is 0 Å². The van der Waals surface area contributed by atoms with Gasteiger partial charge in [0.05, 0.1) is 26.2 Å². The number of hydrogen-bond acceptors (Lipinski definition) is 4. The number of nitrogens with zero attached hydrogens (tertiary/aromatic N) is 1. The Hall–Kier alpha value is -0.650. The summed E-state index contributed by atoms with van der Waals surface area (Å²) in [4.78, 5) is 13.0. The summed E-state index contributed by atoms with van der Waals surface area (Å²) in [5, 5.41) is 9.11. The summed E-state index contributed by atoms with van der Waals surface area (Å²) in [6.07, 6.45) is -0.469. The third-order valence-electron chi connectivity index (χ3n) is 1.92. The average molecular weight is 219 g/mol. The summed E-state index contributed by atoms with van der Waals surface area (Å²) in [7, 11) is 1.56. The molecule has 1 aliphatic rings. The molecule has 0 aromatic heterocycles. The lowest BCUT2D eigenvalue weighted by Crippen LogP contribution is -2.45. The van der Waals surface area contributed by atoms with Crippen molar-refractivity contribution in [2.45, 2.75) is 26.6 Å². The van der Waals surface area contributed by atoms with E-state index in [4.69, 9.17) is 14.6 Å². The second-order valence-corrected chi connectivity index (χ2v) is 2.91. The zero-order chi connectivity index (χ0) is 11.7. The van der Waals surface area contributed by atoms with Gasteiger partial charge in [-0.25, -0.2) is 0 Å². The van der Waals surface area contributed by atoms with E-state index >= 15 is 0 Å². The van der Waals surface area contributed by atoms with Crippen molar-refractivity contribution < 1.29 is 19.4 Å². The molecule has 1 saturated heterocycles. The van der Waals surface area contributed by atoms with Gasteiger partial charge in [0.1, 0.15) is 0 Å². The van der Waals surface area contributed by atoms with E-state index in [1.807, 2.05) is 13.8 Å². The first-order valence-electron chi connectivity index (χ1n) is 5.30. The van der Waals surface area contributed by atoms with Gasteiger partial charge in [0.25, 0.3) is 0 Å². The molecule has 5 heteroatoms. The average Bonchev–Trinajstić information content (AvgIpc) is 2.28. The van der Waals surface area contributed by atoms with E-state index in [2.05, 4.69) is 0 Å². The predicted octanol–water partition coefficient (Wildman–Crippen LogP) is 0.226. The van der Waals surface area contributed by atoms with E-state index < -0.39 is 6.29 Å². The van der Waals surface area contributed by atoms with Crippen LogP contribution in [0.1, 0.15) is 20.3 Å².